The fraction of sp³-hybridized carbons (Fsp3) is 0.818. The van der Waals surface area contributed by atoms with E-state index >= 15 is 0 Å². The van der Waals surface area contributed by atoms with E-state index in [2.05, 4.69) is 17.0 Å². The Morgan fingerprint density at radius 2 is 1.93 bits per heavy atom. The van der Waals surface area contributed by atoms with Crippen LogP contribution < -0.4 is 5.32 Å². The van der Waals surface area contributed by atoms with Crippen LogP contribution in [0.5, 0.6) is 0 Å². The molecule has 0 heterocycles. The molecule has 86 valence electrons. The van der Waals surface area contributed by atoms with E-state index in [1.165, 1.54) is 12.8 Å². The minimum atomic E-state index is -0.779. The van der Waals surface area contributed by atoms with Crippen LogP contribution in [-0.2, 0) is 14.3 Å². The summed E-state index contributed by atoms with van der Waals surface area (Å²) in [7, 11) is 0. The summed E-state index contributed by atoms with van der Waals surface area (Å²) < 4.78 is 4.60. The molecule has 15 heavy (non-hydrogen) atoms. The Hall–Kier alpha value is -1.06. The summed E-state index contributed by atoms with van der Waals surface area (Å²) in [5.41, 5.74) is 0.169. The van der Waals surface area contributed by atoms with E-state index in [9.17, 15) is 9.59 Å². The quantitative estimate of drug-likeness (QED) is 0.567. The number of esters is 1. The Bertz CT molecular complexity index is 244. The summed E-state index contributed by atoms with van der Waals surface area (Å²) in [4.78, 5) is 22.3. The fourth-order valence-corrected chi connectivity index (χ4v) is 1.97. The van der Waals surface area contributed by atoms with Gasteiger partial charge in [0.2, 0.25) is 0 Å². The van der Waals surface area contributed by atoms with Crippen molar-refractivity contribution in [3.8, 4) is 0 Å². The van der Waals surface area contributed by atoms with Crippen LogP contribution in [0.3, 0.4) is 0 Å². The minimum absolute atomic E-state index is 0.169. The molecule has 1 N–H and O–H groups in total. The lowest BCUT2D eigenvalue weighted by atomic mass is 9.89. The first kappa shape index (κ1) is 12.0. The van der Waals surface area contributed by atoms with Crippen molar-refractivity contribution in [2.45, 2.75) is 39.5 Å². The van der Waals surface area contributed by atoms with Gasteiger partial charge in [-0.3, -0.25) is 4.79 Å². The molecule has 4 nitrogen and oxygen atoms in total. The molecule has 1 rings (SSSR count). The van der Waals surface area contributed by atoms with Gasteiger partial charge in [-0.2, -0.15) is 0 Å². The van der Waals surface area contributed by atoms with Crippen LogP contribution in [0.2, 0.25) is 0 Å². The molecule has 0 bridgehead atoms. The molecule has 0 aromatic carbocycles. The van der Waals surface area contributed by atoms with Crippen LogP contribution in [0, 0.1) is 5.41 Å². The Balaban J connectivity index is 2.30. The molecule has 4 heteroatoms. The van der Waals surface area contributed by atoms with Crippen LogP contribution in [-0.4, -0.2) is 25.0 Å². The summed E-state index contributed by atoms with van der Waals surface area (Å²) in [5.74, 6) is -1.40. The lowest BCUT2D eigenvalue weighted by molar-refractivity contribution is -0.154. The predicted molar refractivity (Wildman–Crippen MR) is 56.2 cm³/mol. The van der Waals surface area contributed by atoms with E-state index in [0.717, 1.165) is 12.8 Å². The third-order valence-corrected chi connectivity index (χ3v) is 2.95. The van der Waals surface area contributed by atoms with Gasteiger partial charge in [0.05, 0.1) is 6.61 Å². The number of hydrogen-bond acceptors (Lipinski definition) is 3. The summed E-state index contributed by atoms with van der Waals surface area (Å²) in [5, 5.41) is 2.64. The third kappa shape index (κ3) is 3.53. The maximum Gasteiger partial charge on any atom is 0.396 e. The van der Waals surface area contributed by atoms with Gasteiger partial charge in [-0.15, -0.1) is 0 Å². The Labute approximate surface area is 90.4 Å². The second-order valence-electron chi connectivity index (χ2n) is 4.42. The lowest BCUT2D eigenvalue weighted by Crippen LogP contribution is -2.38. The highest BCUT2D eigenvalue weighted by atomic mass is 16.5. The van der Waals surface area contributed by atoms with Gasteiger partial charge in [0.1, 0.15) is 0 Å². The highest BCUT2D eigenvalue weighted by Crippen LogP contribution is 2.36. The van der Waals surface area contributed by atoms with Crippen LogP contribution >= 0.6 is 0 Å². The van der Waals surface area contributed by atoms with Crippen LogP contribution in [0.15, 0.2) is 0 Å². The molecule has 0 saturated heterocycles. The Morgan fingerprint density at radius 3 is 2.47 bits per heavy atom. The second kappa shape index (κ2) is 5.14. The largest absolute Gasteiger partial charge is 0.459 e. The summed E-state index contributed by atoms with van der Waals surface area (Å²) in [6.07, 6.45) is 4.67. The van der Waals surface area contributed by atoms with Crippen molar-refractivity contribution in [3.63, 3.8) is 0 Å². The molecular weight excluding hydrogens is 194 g/mol. The van der Waals surface area contributed by atoms with Gasteiger partial charge in [-0.25, -0.2) is 4.79 Å². The van der Waals surface area contributed by atoms with Crippen molar-refractivity contribution in [1.82, 2.24) is 5.32 Å². The summed E-state index contributed by atoms with van der Waals surface area (Å²) >= 11 is 0. The normalized spacial score (nSPS) is 18.5. The Morgan fingerprint density at radius 1 is 1.33 bits per heavy atom. The van der Waals surface area contributed by atoms with Gasteiger partial charge < -0.3 is 10.1 Å². The number of carbonyl (C=O) groups excluding carboxylic acids is 2. The van der Waals surface area contributed by atoms with Crippen molar-refractivity contribution < 1.29 is 14.3 Å². The maximum absolute atomic E-state index is 11.2. The second-order valence-corrected chi connectivity index (χ2v) is 4.42. The Kier molecular flexibility index (Phi) is 4.12. The van der Waals surface area contributed by atoms with E-state index < -0.39 is 11.9 Å². The molecular formula is C11H19NO3. The zero-order valence-corrected chi connectivity index (χ0v) is 9.47. The standard InChI is InChI=1S/C11H19NO3/c1-3-15-10(14)9(13)12-8-11(2)6-4-5-7-11/h3-8H2,1-2H3,(H,12,13). The summed E-state index contributed by atoms with van der Waals surface area (Å²) in [6.45, 7) is 4.64. The van der Waals surface area contributed by atoms with Crippen molar-refractivity contribution in [2.24, 2.45) is 5.41 Å². The van der Waals surface area contributed by atoms with E-state index in [4.69, 9.17) is 0 Å². The highest BCUT2D eigenvalue weighted by Gasteiger charge is 2.29. The van der Waals surface area contributed by atoms with Gasteiger partial charge in [0.25, 0.3) is 0 Å². The molecule has 0 aliphatic heterocycles. The molecule has 1 fully saturated rings. The van der Waals surface area contributed by atoms with E-state index in [-0.39, 0.29) is 12.0 Å². The van der Waals surface area contributed by atoms with Gasteiger partial charge >= 0.3 is 11.9 Å². The van der Waals surface area contributed by atoms with Crippen LogP contribution in [0.1, 0.15) is 39.5 Å². The number of amides is 1. The topological polar surface area (TPSA) is 55.4 Å². The molecule has 1 aliphatic carbocycles. The van der Waals surface area contributed by atoms with Crippen molar-refractivity contribution in [2.75, 3.05) is 13.2 Å². The monoisotopic (exact) mass is 213 g/mol. The van der Waals surface area contributed by atoms with Crippen LogP contribution in [0.25, 0.3) is 0 Å². The first-order valence-corrected chi connectivity index (χ1v) is 5.52. The van der Waals surface area contributed by atoms with Crippen molar-refractivity contribution >= 4 is 11.9 Å². The molecule has 1 aliphatic rings. The number of rotatable bonds is 3. The molecule has 0 atom stereocenters. The number of ether oxygens (including phenoxy) is 1. The molecule has 1 amide bonds. The predicted octanol–water partition coefficient (Wildman–Crippen LogP) is 1.25. The van der Waals surface area contributed by atoms with E-state index in [1.54, 1.807) is 6.92 Å². The van der Waals surface area contributed by atoms with Crippen molar-refractivity contribution in [3.05, 3.63) is 0 Å². The average molecular weight is 213 g/mol. The van der Waals surface area contributed by atoms with E-state index in [1.807, 2.05) is 0 Å². The molecule has 0 unspecified atom stereocenters. The molecule has 0 aromatic heterocycles. The maximum atomic E-state index is 11.2. The molecule has 0 aromatic rings. The van der Waals surface area contributed by atoms with Gasteiger partial charge in [0.15, 0.2) is 0 Å². The SMILES string of the molecule is CCOC(=O)C(=O)NCC1(C)CCCC1. The number of hydrogen-bond donors (Lipinski definition) is 1. The third-order valence-electron chi connectivity index (χ3n) is 2.95. The fourth-order valence-electron chi connectivity index (χ4n) is 1.97. The molecule has 1 saturated carbocycles. The van der Waals surface area contributed by atoms with Gasteiger partial charge in [-0.1, -0.05) is 19.8 Å². The zero-order chi connectivity index (χ0) is 11.3. The van der Waals surface area contributed by atoms with Crippen molar-refractivity contribution in [1.29, 1.82) is 0 Å². The summed E-state index contributed by atoms with van der Waals surface area (Å²) in [6, 6.07) is 0. The minimum Gasteiger partial charge on any atom is -0.459 e. The highest BCUT2D eigenvalue weighted by molar-refractivity contribution is 6.32. The van der Waals surface area contributed by atoms with E-state index in [0.29, 0.717) is 6.54 Å². The number of nitrogens with one attached hydrogen (secondary N) is 1. The van der Waals surface area contributed by atoms with Gasteiger partial charge in [-0.05, 0) is 25.2 Å². The smallest absolute Gasteiger partial charge is 0.396 e. The molecule has 0 radical (unpaired) electrons. The lowest BCUT2D eigenvalue weighted by Gasteiger charge is -2.23. The first-order chi connectivity index (χ1) is 7.07. The van der Waals surface area contributed by atoms with Crippen LogP contribution in [0.4, 0.5) is 0 Å². The van der Waals surface area contributed by atoms with Gasteiger partial charge in [0, 0.05) is 6.54 Å². The molecule has 0 spiro atoms. The first-order valence-electron chi connectivity index (χ1n) is 5.52. The number of carbonyl (C=O) groups is 2. The average Bonchev–Trinajstić information content (AvgIpc) is 2.63. The zero-order valence-electron chi connectivity index (χ0n) is 9.47.